The van der Waals surface area contributed by atoms with E-state index < -0.39 is 11.4 Å². The number of aryl methyl sites for hydroxylation is 1. The largest absolute Gasteiger partial charge is 0.383 e. The van der Waals surface area contributed by atoms with Crippen LogP contribution in [0.2, 0.25) is 0 Å². The van der Waals surface area contributed by atoms with E-state index in [0.29, 0.717) is 37.5 Å². The molecule has 29 heavy (non-hydrogen) atoms. The summed E-state index contributed by atoms with van der Waals surface area (Å²) in [5.41, 5.74) is 1.76. The smallest absolute Gasteiger partial charge is 0.256 e. The number of aromatic nitrogens is 1. The van der Waals surface area contributed by atoms with Gasteiger partial charge < -0.3 is 15.3 Å². The molecule has 154 valence electrons. The standard InChI is InChI=1S/C23H28FN3O2/c1-16-2-5-21(26-14-16)23(29)7-10-27(11-8-23)22(28)19-13-17(3-4-20(19)24)12-18-6-9-25-15-18/h2-5,13-14,18,25,29H,6-12,15H2,1H3. The molecule has 1 amide bonds. The third-order valence-corrected chi connectivity index (χ3v) is 6.21. The first-order valence-electron chi connectivity index (χ1n) is 10.4. The van der Waals surface area contributed by atoms with Crippen LogP contribution >= 0.6 is 0 Å². The van der Waals surface area contributed by atoms with Crippen LogP contribution in [-0.4, -0.2) is 47.1 Å². The lowest BCUT2D eigenvalue weighted by atomic mass is 9.87. The van der Waals surface area contributed by atoms with Crippen molar-refractivity contribution in [2.24, 2.45) is 5.92 Å². The molecule has 6 heteroatoms. The van der Waals surface area contributed by atoms with Gasteiger partial charge in [0.15, 0.2) is 0 Å². The van der Waals surface area contributed by atoms with Crippen molar-refractivity contribution in [1.29, 1.82) is 0 Å². The zero-order valence-electron chi connectivity index (χ0n) is 16.8. The van der Waals surface area contributed by atoms with E-state index in [-0.39, 0.29) is 11.5 Å². The molecule has 2 aliphatic rings. The van der Waals surface area contributed by atoms with Crippen molar-refractivity contribution >= 4 is 5.91 Å². The molecule has 5 nitrogen and oxygen atoms in total. The van der Waals surface area contributed by atoms with Gasteiger partial charge in [-0.3, -0.25) is 9.78 Å². The summed E-state index contributed by atoms with van der Waals surface area (Å²) in [6.45, 7) is 4.69. The fraction of sp³-hybridized carbons (Fsp3) is 0.478. The van der Waals surface area contributed by atoms with E-state index in [1.165, 1.54) is 6.07 Å². The van der Waals surface area contributed by atoms with Crippen molar-refractivity contribution in [2.45, 2.75) is 38.2 Å². The van der Waals surface area contributed by atoms with E-state index in [9.17, 15) is 14.3 Å². The third kappa shape index (κ3) is 4.33. The molecular formula is C23H28FN3O2. The predicted octanol–water partition coefficient (Wildman–Crippen LogP) is 2.80. The molecule has 3 heterocycles. The summed E-state index contributed by atoms with van der Waals surface area (Å²) in [4.78, 5) is 19.0. The van der Waals surface area contributed by atoms with E-state index in [0.717, 1.165) is 37.1 Å². The molecule has 0 saturated carbocycles. The van der Waals surface area contributed by atoms with Crippen LogP contribution in [0.1, 0.15) is 46.4 Å². The molecule has 2 saturated heterocycles. The second-order valence-corrected chi connectivity index (χ2v) is 8.42. The lowest BCUT2D eigenvalue weighted by molar-refractivity contribution is -0.0245. The fourth-order valence-electron chi connectivity index (χ4n) is 4.33. The van der Waals surface area contributed by atoms with Gasteiger partial charge in [0.2, 0.25) is 0 Å². The van der Waals surface area contributed by atoms with E-state index >= 15 is 0 Å². The molecule has 1 aromatic heterocycles. The van der Waals surface area contributed by atoms with Gasteiger partial charge in [0.25, 0.3) is 5.91 Å². The molecular weight excluding hydrogens is 369 g/mol. The van der Waals surface area contributed by atoms with Gasteiger partial charge >= 0.3 is 0 Å². The maximum atomic E-state index is 14.4. The summed E-state index contributed by atoms with van der Waals surface area (Å²) in [5.74, 6) is -0.243. The highest BCUT2D eigenvalue weighted by molar-refractivity contribution is 5.94. The molecule has 2 aliphatic heterocycles. The SMILES string of the molecule is Cc1ccc(C2(O)CCN(C(=O)c3cc(CC4CCNC4)ccc3F)CC2)nc1. The average molecular weight is 397 g/mol. The normalized spacial score (nSPS) is 21.3. The number of amides is 1. The van der Waals surface area contributed by atoms with Crippen LogP contribution in [0.15, 0.2) is 36.5 Å². The minimum absolute atomic E-state index is 0.132. The summed E-state index contributed by atoms with van der Waals surface area (Å²) in [7, 11) is 0. The van der Waals surface area contributed by atoms with E-state index in [1.807, 2.05) is 19.1 Å². The third-order valence-electron chi connectivity index (χ3n) is 6.21. The lowest BCUT2D eigenvalue weighted by Crippen LogP contribution is -2.45. The number of hydrogen-bond acceptors (Lipinski definition) is 4. The number of nitrogens with one attached hydrogen (secondary N) is 1. The van der Waals surface area contributed by atoms with Crippen LogP contribution in [0.25, 0.3) is 0 Å². The summed E-state index contributed by atoms with van der Waals surface area (Å²) >= 11 is 0. The molecule has 1 atom stereocenters. The first kappa shape index (κ1) is 20.0. The predicted molar refractivity (Wildman–Crippen MR) is 109 cm³/mol. The molecule has 0 radical (unpaired) electrons. The molecule has 2 aromatic rings. The highest BCUT2D eigenvalue weighted by Crippen LogP contribution is 2.32. The maximum absolute atomic E-state index is 14.4. The summed E-state index contributed by atoms with van der Waals surface area (Å²) in [6.07, 6.45) is 4.49. The van der Waals surface area contributed by atoms with Gasteiger partial charge in [0, 0.05) is 19.3 Å². The maximum Gasteiger partial charge on any atom is 0.256 e. The zero-order chi connectivity index (χ0) is 20.4. The summed E-state index contributed by atoms with van der Waals surface area (Å²) < 4.78 is 14.4. The Bertz CT molecular complexity index is 870. The van der Waals surface area contributed by atoms with Gasteiger partial charge in [-0.2, -0.15) is 0 Å². The number of likely N-dealkylation sites (tertiary alicyclic amines) is 1. The van der Waals surface area contributed by atoms with Gasteiger partial charge in [-0.1, -0.05) is 12.1 Å². The van der Waals surface area contributed by atoms with Crippen molar-refractivity contribution in [2.75, 3.05) is 26.2 Å². The van der Waals surface area contributed by atoms with Crippen LogP contribution < -0.4 is 5.32 Å². The van der Waals surface area contributed by atoms with Crippen LogP contribution in [0.4, 0.5) is 4.39 Å². The Balaban J connectivity index is 1.44. The quantitative estimate of drug-likeness (QED) is 0.833. The number of aliphatic hydroxyl groups is 1. The molecule has 0 aliphatic carbocycles. The van der Waals surface area contributed by atoms with Crippen LogP contribution in [0.5, 0.6) is 0 Å². The Morgan fingerprint density at radius 1 is 1.31 bits per heavy atom. The van der Waals surface area contributed by atoms with Gasteiger partial charge in [-0.15, -0.1) is 0 Å². The Morgan fingerprint density at radius 2 is 2.10 bits per heavy atom. The number of benzene rings is 1. The van der Waals surface area contributed by atoms with Gasteiger partial charge in [0.1, 0.15) is 11.4 Å². The molecule has 2 N–H and O–H groups in total. The molecule has 1 unspecified atom stereocenters. The Kier molecular flexibility index (Phi) is 5.65. The topological polar surface area (TPSA) is 65.5 Å². The number of carbonyl (C=O) groups excluding carboxylic acids is 1. The summed E-state index contributed by atoms with van der Waals surface area (Å²) in [5, 5.41) is 14.3. The van der Waals surface area contributed by atoms with Crippen molar-refractivity contribution in [3.63, 3.8) is 0 Å². The second-order valence-electron chi connectivity index (χ2n) is 8.42. The van der Waals surface area contributed by atoms with Gasteiger partial charge in [0.05, 0.1) is 11.3 Å². The Morgan fingerprint density at radius 3 is 2.76 bits per heavy atom. The molecule has 4 rings (SSSR count). The number of halogens is 1. The average Bonchev–Trinajstić information content (AvgIpc) is 3.23. The van der Waals surface area contributed by atoms with Crippen LogP contribution in [-0.2, 0) is 12.0 Å². The Hall–Kier alpha value is -2.31. The van der Waals surface area contributed by atoms with E-state index in [1.54, 1.807) is 23.2 Å². The van der Waals surface area contributed by atoms with Crippen molar-refractivity contribution in [3.8, 4) is 0 Å². The van der Waals surface area contributed by atoms with E-state index in [2.05, 4.69) is 10.3 Å². The fourth-order valence-corrected chi connectivity index (χ4v) is 4.33. The molecule has 0 bridgehead atoms. The zero-order valence-corrected chi connectivity index (χ0v) is 16.8. The van der Waals surface area contributed by atoms with Gasteiger partial charge in [-0.05, 0) is 80.9 Å². The lowest BCUT2D eigenvalue weighted by Gasteiger charge is -2.38. The van der Waals surface area contributed by atoms with E-state index in [4.69, 9.17) is 0 Å². The highest BCUT2D eigenvalue weighted by atomic mass is 19.1. The van der Waals surface area contributed by atoms with Crippen molar-refractivity contribution < 1.29 is 14.3 Å². The number of rotatable bonds is 4. The molecule has 2 fully saturated rings. The number of hydrogen-bond donors (Lipinski definition) is 2. The minimum atomic E-state index is -1.04. The first-order valence-corrected chi connectivity index (χ1v) is 10.4. The monoisotopic (exact) mass is 397 g/mol. The van der Waals surface area contributed by atoms with Crippen LogP contribution in [0, 0.1) is 18.7 Å². The van der Waals surface area contributed by atoms with Crippen LogP contribution in [0.3, 0.4) is 0 Å². The molecule has 0 spiro atoms. The first-order chi connectivity index (χ1) is 13.9. The number of nitrogens with zero attached hydrogens (tertiary/aromatic N) is 2. The van der Waals surface area contributed by atoms with Crippen molar-refractivity contribution in [1.82, 2.24) is 15.2 Å². The van der Waals surface area contributed by atoms with Gasteiger partial charge in [-0.25, -0.2) is 4.39 Å². The number of pyridine rings is 1. The highest BCUT2D eigenvalue weighted by Gasteiger charge is 2.37. The summed E-state index contributed by atoms with van der Waals surface area (Å²) in [6, 6.07) is 8.66. The molecule has 1 aromatic carbocycles. The Labute approximate surface area is 171 Å². The second kappa shape index (κ2) is 8.20. The number of carbonyl (C=O) groups is 1. The number of piperidine rings is 1. The van der Waals surface area contributed by atoms with Crippen molar-refractivity contribution in [3.05, 3.63) is 64.7 Å². The minimum Gasteiger partial charge on any atom is -0.383 e.